The number of rotatable bonds is 3. The van der Waals surface area contributed by atoms with Gasteiger partial charge in [-0.1, -0.05) is 6.92 Å². The fourth-order valence-electron chi connectivity index (χ4n) is 2.31. The zero-order valence-electron chi connectivity index (χ0n) is 12.1. The van der Waals surface area contributed by atoms with Crippen molar-refractivity contribution in [3.63, 3.8) is 0 Å². The van der Waals surface area contributed by atoms with Crippen molar-refractivity contribution in [3.8, 4) is 0 Å². The summed E-state index contributed by atoms with van der Waals surface area (Å²) in [6.07, 6.45) is 2.18. The van der Waals surface area contributed by atoms with Gasteiger partial charge in [-0.2, -0.15) is 0 Å². The quantitative estimate of drug-likeness (QED) is 0.873. The van der Waals surface area contributed by atoms with Crippen LogP contribution in [0.3, 0.4) is 0 Å². The van der Waals surface area contributed by atoms with E-state index in [4.69, 9.17) is 0 Å². The third kappa shape index (κ3) is 2.74. The van der Waals surface area contributed by atoms with Crippen LogP contribution in [0.4, 0.5) is 5.82 Å². The molecule has 1 saturated heterocycles. The molecule has 1 aromatic heterocycles. The van der Waals surface area contributed by atoms with Crippen LogP contribution in [0.2, 0.25) is 0 Å². The molecule has 2 heterocycles. The molecule has 2 rings (SSSR count). The van der Waals surface area contributed by atoms with Crippen LogP contribution in [-0.2, 0) is 4.79 Å². The van der Waals surface area contributed by atoms with Crippen LogP contribution in [0.25, 0.3) is 0 Å². The average Bonchev–Trinajstić information content (AvgIpc) is 2.46. The van der Waals surface area contributed by atoms with E-state index in [9.17, 15) is 9.59 Å². The molecule has 1 atom stereocenters. The molecular weight excluding hydrogens is 256 g/mol. The summed E-state index contributed by atoms with van der Waals surface area (Å²) in [5, 5.41) is 2.79. The first-order valence-corrected chi connectivity index (χ1v) is 6.76. The van der Waals surface area contributed by atoms with Gasteiger partial charge in [-0.05, 0) is 18.6 Å². The van der Waals surface area contributed by atoms with Crippen molar-refractivity contribution < 1.29 is 9.59 Å². The molecule has 0 bridgehead atoms. The summed E-state index contributed by atoms with van der Waals surface area (Å²) in [4.78, 5) is 32.0. The molecule has 1 aromatic rings. The normalized spacial score (nSPS) is 18.6. The van der Waals surface area contributed by atoms with Crippen molar-refractivity contribution >= 4 is 17.6 Å². The van der Waals surface area contributed by atoms with Crippen LogP contribution in [0.1, 0.15) is 23.7 Å². The zero-order valence-corrected chi connectivity index (χ0v) is 12.1. The first-order chi connectivity index (χ1) is 9.54. The number of nitrogens with zero attached hydrogens (tertiary/aromatic N) is 3. The minimum atomic E-state index is -0.384. The van der Waals surface area contributed by atoms with Crippen molar-refractivity contribution in [3.05, 3.63) is 23.9 Å². The number of nitrogens with one attached hydrogen (secondary N) is 1. The monoisotopic (exact) mass is 276 g/mol. The standard InChI is InChI=1S/C14H20N4O2/c1-4-11-13(19)15-7-8-18(11)14(20)10-5-6-12(16-9-10)17(2)3/h5-6,9,11H,4,7-8H2,1-3H3,(H,15,19). The Morgan fingerprint density at radius 3 is 2.80 bits per heavy atom. The number of hydrogen-bond acceptors (Lipinski definition) is 4. The second-order valence-electron chi connectivity index (χ2n) is 5.01. The number of piperazine rings is 1. The van der Waals surface area contributed by atoms with Gasteiger partial charge in [-0.3, -0.25) is 9.59 Å². The minimum absolute atomic E-state index is 0.0787. The minimum Gasteiger partial charge on any atom is -0.363 e. The predicted molar refractivity (Wildman–Crippen MR) is 76.7 cm³/mol. The summed E-state index contributed by atoms with van der Waals surface area (Å²) < 4.78 is 0. The van der Waals surface area contributed by atoms with Gasteiger partial charge in [0.05, 0.1) is 5.56 Å². The van der Waals surface area contributed by atoms with Gasteiger partial charge in [0.2, 0.25) is 5.91 Å². The Morgan fingerprint density at radius 1 is 1.50 bits per heavy atom. The topological polar surface area (TPSA) is 65.5 Å². The van der Waals surface area contributed by atoms with E-state index in [0.29, 0.717) is 25.1 Å². The lowest BCUT2D eigenvalue weighted by molar-refractivity contribution is -0.127. The van der Waals surface area contributed by atoms with Crippen LogP contribution in [-0.4, -0.2) is 54.9 Å². The molecule has 1 unspecified atom stereocenters. The molecule has 1 aliphatic heterocycles. The third-order valence-electron chi connectivity index (χ3n) is 3.43. The van der Waals surface area contributed by atoms with E-state index < -0.39 is 0 Å². The molecule has 20 heavy (non-hydrogen) atoms. The number of anilines is 1. The molecule has 0 radical (unpaired) electrons. The molecule has 1 N–H and O–H groups in total. The number of aromatic nitrogens is 1. The van der Waals surface area contributed by atoms with Crippen molar-refractivity contribution in [2.45, 2.75) is 19.4 Å². The van der Waals surface area contributed by atoms with Gasteiger partial charge in [0, 0.05) is 33.4 Å². The highest BCUT2D eigenvalue weighted by Crippen LogP contribution is 2.15. The van der Waals surface area contributed by atoms with Crippen molar-refractivity contribution in [1.29, 1.82) is 0 Å². The molecular formula is C14H20N4O2. The summed E-state index contributed by atoms with van der Waals surface area (Å²) in [7, 11) is 3.79. The molecule has 1 aliphatic rings. The summed E-state index contributed by atoms with van der Waals surface area (Å²) in [5.41, 5.74) is 0.517. The van der Waals surface area contributed by atoms with Crippen LogP contribution >= 0.6 is 0 Å². The number of amides is 2. The second kappa shape index (κ2) is 5.90. The van der Waals surface area contributed by atoms with Gasteiger partial charge in [0.1, 0.15) is 11.9 Å². The molecule has 1 fully saturated rings. The van der Waals surface area contributed by atoms with Gasteiger partial charge < -0.3 is 15.1 Å². The number of carbonyl (C=O) groups excluding carboxylic acids is 2. The summed E-state index contributed by atoms with van der Waals surface area (Å²) in [6.45, 7) is 2.95. The maximum Gasteiger partial charge on any atom is 0.256 e. The second-order valence-corrected chi connectivity index (χ2v) is 5.01. The van der Waals surface area contributed by atoms with Gasteiger partial charge in [-0.15, -0.1) is 0 Å². The highest BCUT2D eigenvalue weighted by molar-refractivity contribution is 5.98. The lowest BCUT2D eigenvalue weighted by Gasteiger charge is -2.34. The summed E-state index contributed by atoms with van der Waals surface area (Å²) >= 11 is 0. The van der Waals surface area contributed by atoms with Crippen molar-refractivity contribution in [2.75, 3.05) is 32.1 Å². The van der Waals surface area contributed by atoms with E-state index in [1.165, 1.54) is 0 Å². The molecule has 0 saturated carbocycles. The van der Waals surface area contributed by atoms with Crippen LogP contribution < -0.4 is 10.2 Å². The molecule has 6 heteroatoms. The van der Waals surface area contributed by atoms with E-state index in [1.54, 1.807) is 23.2 Å². The van der Waals surface area contributed by atoms with E-state index >= 15 is 0 Å². The Morgan fingerprint density at radius 2 is 2.25 bits per heavy atom. The van der Waals surface area contributed by atoms with E-state index in [2.05, 4.69) is 10.3 Å². The Labute approximate surface area is 118 Å². The SMILES string of the molecule is CCC1C(=O)NCCN1C(=O)c1ccc(N(C)C)nc1. The number of carbonyl (C=O) groups is 2. The van der Waals surface area contributed by atoms with E-state index in [-0.39, 0.29) is 17.9 Å². The number of pyridine rings is 1. The van der Waals surface area contributed by atoms with Gasteiger partial charge in [0.15, 0.2) is 0 Å². The molecule has 0 aliphatic carbocycles. The Bertz CT molecular complexity index is 498. The Balaban J connectivity index is 2.19. The molecule has 0 aromatic carbocycles. The third-order valence-corrected chi connectivity index (χ3v) is 3.43. The largest absolute Gasteiger partial charge is 0.363 e. The highest BCUT2D eigenvalue weighted by atomic mass is 16.2. The smallest absolute Gasteiger partial charge is 0.256 e. The predicted octanol–water partition coefficient (Wildman–Crippen LogP) is 0.498. The maximum absolute atomic E-state index is 12.5. The van der Waals surface area contributed by atoms with E-state index in [0.717, 1.165) is 5.82 Å². The molecule has 2 amide bonds. The summed E-state index contributed by atoms with van der Waals surface area (Å²) in [6, 6.07) is 3.17. The maximum atomic E-state index is 12.5. The zero-order chi connectivity index (χ0) is 14.7. The van der Waals surface area contributed by atoms with Gasteiger partial charge in [0.25, 0.3) is 5.91 Å². The van der Waals surface area contributed by atoms with Gasteiger partial charge >= 0.3 is 0 Å². The molecule has 0 spiro atoms. The lowest BCUT2D eigenvalue weighted by Crippen LogP contribution is -2.56. The van der Waals surface area contributed by atoms with Crippen molar-refractivity contribution in [2.24, 2.45) is 0 Å². The van der Waals surface area contributed by atoms with Crippen LogP contribution in [0, 0.1) is 0 Å². The number of hydrogen-bond donors (Lipinski definition) is 1. The van der Waals surface area contributed by atoms with Crippen LogP contribution in [0.5, 0.6) is 0 Å². The fourth-order valence-corrected chi connectivity index (χ4v) is 2.31. The lowest BCUT2D eigenvalue weighted by atomic mass is 10.1. The molecule has 6 nitrogen and oxygen atoms in total. The first kappa shape index (κ1) is 14.3. The highest BCUT2D eigenvalue weighted by Gasteiger charge is 2.32. The van der Waals surface area contributed by atoms with E-state index in [1.807, 2.05) is 25.9 Å². The van der Waals surface area contributed by atoms with Crippen molar-refractivity contribution in [1.82, 2.24) is 15.2 Å². The average molecular weight is 276 g/mol. The first-order valence-electron chi connectivity index (χ1n) is 6.76. The molecule has 108 valence electrons. The Hall–Kier alpha value is -2.11. The Kier molecular flexibility index (Phi) is 4.22. The fraction of sp³-hybridized carbons (Fsp3) is 0.500. The van der Waals surface area contributed by atoms with Crippen LogP contribution in [0.15, 0.2) is 18.3 Å². The van der Waals surface area contributed by atoms with Gasteiger partial charge in [-0.25, -0.2) is 4.98 Å². The summed E-state index contributed by atoms with van der Waals surface area (Å²) in [5.74, 6) is 0.583.